The van der Waals surface area contributed by atoms with Crippen LogP contribution in [0.4, 0.5) is 0 Å². The van der Waals surface area contributed by atoms with Crippen molar-refractivity contribution in [3.05, 3.63) is 118 Å². The van der Waals surface area contributed by atoms with Crippen molar-refractivity contribution >= 4 is 24.4 Å². The number of aromatic amines is 2. The minimum atomic E-state index is 0.582. The first-order valence-corrected chi connectivity index (χ1v) is 15.1. The maximum absolute atomic E-state index is 5.37. The van der Waals surface area contributed by atoms with Gasteiger partial charge in [-0.25, -0.2) is 0 Å². The SMILES string of the molecule is COc1ccc(-c2n[nH]c(=S)n2Cc2ccccc2)cc1OC.COc1ccc(-c2n[nH]c(=S)n2Cc2ccccc2)cc1OC. The van der Waals surface area contributed by atoms with Crippen molar-refractivity contribution in [3.63, 3.8) is 0 Å². The number of ether oxygens (including phenoxy) is 4. The van der Waals surface area contributed by atoms with Gasteiger partial charge in [-0.15, -0.1) is 0 Å². The lowest BCUT2D eigenvalue weighted by Gasteiger charge is -2.11. The molecular weight excluding hydrogens is 621 g/mol. The van der Waals surface area contributed by atoms with Crippen LogP contribution in [0.2, 0.25) is 0 Å². The van der Waals surface area contributed by atoms with Crippen LogP contribution in [-0.2, 0) is 13.1 Å². The fourth-order valence-electron chi connectivity index (χ4n) is 4.85. The molecule has 12 heteroatoms. The van der Waals surface area contributed by atoms with Crippen LogP contribution >= 0.6 is 24.4 Å². The Labute approximate surface area is 277 Å². The number of H-pyrrole nitrogens is 2. The summed E-state index contributed by atoms with van der Waals surface area (Å²) in [7, 11) is 6.46. The summed E-state index contributed by atoms with van der Waals surface area (Å²) in [6, 6.07) is 31.7. The molecule has 0 saturated heterocycles. The number of rotatable bonds is 10. The van der Waals surface area contributed by atoms with Gasteiger partial charge >= 0.3 is 0 Å². The van der Waals surface area contributed by atoms with Gasteiger partial charge in [0.05, 0.1) is 41.5 Å². The maximum Gasteiger partial charge on any atom is 0.195 e. The topological polar surface area (TPSA) is 104 Å². The Balaban J connectivity index is 0.000000181. The van der Waals surface area contributed by atoms with Gasteiger partial charge in [0, 0.05) is 11.1 Å². The van der Waals surface area contributed by atoms with Gasteiger partial charge in [-0.1, -0.05) is 60.7 Å². The zero-order valence-corrected chi connectivity index (χ0v) is 27.5. The fourth-order valence-corrected chi connectivity index (χ4v) is 5.25. The molecule has 2 heterocycles. The molecule has 10 nitrogen and oxygen atoms in total. The molecule has 0 fully saturated rings. The molecule has 236 valence electrons. The zero-order valence-electron chi connectivity index (χ0n) is 25.9. The van der Waals surface area contributed by atoms with E-state index < -0.39 is 0 Å². The van der Waals surface area contributed by atoms with Gasteiger partial charge in [-0.3, -0.25) is 19.3 Å². The summed E-state index contributed by atoms with van der Waals surface area (Å²) in [6.45, 7) is 1.31. The molecule has 6 rings (SSSR count). The molecule has 0 amide bonds. The van der Waals surface area contributed by atoms with Crippen LogP contribution in [0.3, 0.4) is 0 Å². The molecule has 46 heavy (non-hydrogen) atoms. The second-order valence-corrected chi connectivity index (χ2v) is 10.8. The van der Waals surface area contributed by atoms with Gasteiger partial charge in [0.1, 0.15) is 0 Å². The molecule has 2 N–H and O–H groups in total. The predicted molar refractivity (Wildman–Crippen MR) is 183 cm³/mol. The van der Waals surface area contributed by atoms with E-state index in [-0.39, 0.29) is 0 Å². The molecule has 0 saturated carbocycles. The van der Waals surface area contributed by atoms with E-state index in [0.29, 0.717) is 45.6 Å². The van der Waals surface area contributed by atoms with E-state index >= 15 is 0 Å². The van der Waals surface area contributed by atoms with Crippen molar-refractivity contribution in [3.8, 4) is 45.8 Å². The molecule has 0 bridgehead atoms. The Morgan fingerprint density at radius 2 is 0.891 bits per heavy atom. The standard InChI is InChI=1S/2C17H17N3O2S/c2*1-21-14-9-8-13(10-15(14)22-2)16-18-19-17(23)20(16)11-12-6-4-3-5-7-12/h2*3-10H,11H2,1-2H3,(H,19,23). The van der Waals surface area contributed by atoms with Crippen LogP contribution in [0.15, 0.2) is 97.1 Å². The fraction of sp³-hybridized carbons (Fsp3) is 0.176. The molecule has 0 radical (unpaired) electrons. The average molecular weight is 655 g/mol. The lowest BCUT2D eigenvalue weighted by molar-refractivity contribution is 0.355. The van der Waals surface area contributed by atoms with Crippen molar-refractivity contribution in [2.75, 3.05) is 28.4 Å². The third-order valence-corrected chi connectivity index (χ3v) is 7.79. The van der Waals surface area contributed by atoms with Crippen LogP contribution in [0, 0.1) is 9.54 Å². The molecule has 0 aliphatic carbocycles. The Morgan fingerprint density at radius 3 is 1.24 bits per heavy atom. The number of aromatic nitrogens is 6. The molecular formula is C34H34N6O4S2. The molecule has 4 aromatic carbocycles. The van der Waals surface area contributed by atoms with E-state index in [0.717, 1.165) is 33.9 Å². The van der Waals surface area contributed by atoms with Crippen LogP contribution in [0.1, 0.15) is 11.1 Å². The first-order valence-electron chi connectivity index (χ1n) is 14.3. The lowest BCUT2D eigenvalue weighted by Crippen LogP contribution is -2.02. The predicted octanol–water partition coefficient (Wildman–Crippen LogP) is 7.35. The van der Waals surface area contributed by atoms with Crippen molar-refractivity contribution in [1.82, 2.24) is 29.5 Å². The summed E-state index contributed by atoms with van der Waals surface area (Å²) in [5.41, 5.74) is 4.13. The summed E-state index contributed by atoms with van der Waals surface area (Å²) in [5.74, 6) is 4.20. The summed E-state index contributed by atoms with van der Waals surface area (Å²) in [5, 5.41) is 14.5. The Bertz CT molecular complexity index is 1860. The second-order valence-electron chi connectivity index (χ2n) is 9.99. The number of nitrogens with one attached hydrogen (secondary N) is 2. The average Bonchev–Trinajstić information content (AvgIpc) is 3.66. The van der Waals surface area contributed by atoms with Gasteiger partial charge in [0.15, 0.2) is 44.2 Å². The monoisotopic (exact) mass is 654 g/mol. The Morgan fingerprint density at radius 1 is 0.522 bits per heavy atom. The van der Waals surface area contributed by atoms with Crippen LogP contribution in [0.25, 0.3) is 22.8 Å². The van der Waals surface area contributed by atoms with Crippen LogP contribution in [0.5, 0.6) is 23.0 Å². The third-order valence-electron chi connectivity index (χ3n) is 7.17. The number of methoxy groups -OCH3 is 4. The number of hydrogen-bond acceptors (Lipinski definition) is 8. The maximum atomic E-state index is 5.37. The molecule has 0 aliphatic rings. The summed E-state index contributed by atoms with van der Waals surface area (Å²) < 4.78 is 26.4. The summed E-state index contributed by atoms with van der Waals surface area (Å²) in [6.07, 6.45) is 0. The largest absolute Gasteiger partial charge is 0.493 e. The Hall–Kier alpha value is -5.20. The first kappa shape index (κ1) is 32.2. The highest BCUT2D eigenvalue weighted by atomic mass is 32.1. The molecule has 0 unspecified atom stereocenters. The smallest absolute Gasteiger partial charge is 0.195 e. The molecule has 0 spiro atoms. The normalized spacial score (nSPS) is 10.5. The number of benzene rings is 4. The van der Waals surface area contributed by atoms with Crippen LogP contribution < -0.4 is 18.9 Å². The van der Waals surface area contributed by atoms with Crippen molar-refractivity contribution in [2.24, 2.45) is 0 Å². The summed E-state index contributed by atoms with van der Waals surface area (Å²) in [4.78, 5) is 0. The van der Waals surface area contributed by atoms with Gasteiger partial charge < -0.3 is 18.9 Å². The second kappa shape index (κ2) is 15.2. The number of nitrogens with zero attached hydrogens (tertiary/aromatic N) is 4. The quantitative estimate of drug-likeness (QED) is 0.148. The Kier molecular flexibility index (Phi) is 10.6. The van der Waals surface area contributed by atoms with Gasteiger partial charge in [-0.2, -0.15) is 10.2 Å². The highest BCUT2D eigenvalue weighted by Gasteiger charge is 2.14. The van der Waals surface area contributed by atoms with E-state index in [4.69, 9.17) is 43.4 Å². The van der Waals surface area contributed by atoms with Gasteiger partial charge in [0.25, 0.3) is 0 Å². The third kappa shape index (κ3) is 7.36. The lowest BCUT2D eigenvalue weighted by atomic mass is 10.1. The van der Waals surface area contributed by atoms with Crippen molar-refractivity contribution in [1.29, 1.82) is 0 Å². The van der Waals surface area contributed by atoms with Gasteiger partial charge in [0.2, 0.25) is 0 Å². The van der Waals surface area contributed by atoms with Crippen molar-refractivity contribution < 1.29 is 18.9 Å². The van der Waals surface area contributed by atoms with E-state index in [2.05, 4.69) is 44.7 Å². The van der Waals surface area contributed by atoms with Gasteiger partial charge in [-0.05, 0) is 72.0 Å². The van der Waals surface area contributed by atoms with Crippen LogP contribution in [-0.4, -0.2) is 58.0 Å². The minimum absolute atomic E-state index is 0.582. The zero-order chi connectivity index (χ0) is 32.5. The van der Waals surface area contributed by atoms with Crippen molar-refractivity contribution in [2.45, 2.75) is 13.1 Å². The molecule has 2 aromatic heterocycles. The molecule has 0 aliphatic heterocycles. The van der Waals surface area contributed by atoms with E-state index in [1.54, 1.807) is 28.4 Å². The number of hydrogen-bond donors (Lipinski definition) is 2. The highest BCUT2D eigenvalue weighted by molar-refractivity contribution is 7.71. The highest BCUT2D eigenvalue weighted by Crippen LogP contribution is 2.33. The molecule has 6 aromatic rings. The molecule has 0 atom stereocenters. The minimum Gasteiger partial charge on any atom is -0.493 e. The summed E-state index contributed by atoms with van der Waals surface area (Å²) >= 11 is 10.7. The first-order chi connectivity index (χ1) is 22.4. The van der Waals surface area contributed by atoms with E-state index in [1.165, 1.54) is 0 Å². The van der Waals surface area contributed by atoms with E-state index in [9.17, 15) is 0 Å². The van der Waals surface area contributed by atoms with E-state index in [1.807, 2.05) is 81.9 Å².